The molecule has 4 aliphatic rings. The summed E-state index contributed by atoms with van der Waals surface area (Å²) in [5, 5.41) is 0. The van der Waals surface area contributed by atoms with Gasteiger partial charge >= 0.3 is 0 Å². The zero-order chi connectivity index (χ0) is 21.8. The van der Waals surface area contributed by atoms with Gasteiger partial charge in [0, 0.05) is 12.2 Å². The summed E-state index contributed by atoms with van der Waals surface area (Å²) in [6, 6.07) is 0.228. The Bertz CT molecular complexity index is 1220. The monoisotopic (exact) mass is 449 g/mol. The van der Waals surface area contributed by atoms with Crippen molar-refractivity contribution in [2.24, 2.45) is 0 Å². The third-order valence-electron chi connectivity index (χ3n) is 6.65. The van der Waals surface area contributed by atoms with E-state index < -0.39 is 0 Å². The summed E-state index contributed by atoms with van der Waals surface area (Å²) in [7, 11) is 0. The van der Waals surface area contributed by atoms with Gasteiger partial charge in [-0.25, -0.2) is 27.4 Å². The molecule has 3 fully saturated rings. The molecule has 0 amide bonds. The lowest BCUT2D eigenvalue weighted by molar-refractivity contribution is -0.697. The Labute approximate surface area is 192 Å². The molecule has 170 valence electrons. The summed E-state index contributed by atoms with van der Waals surface area (Å²) in [5.74, 6) is 0. The van der Waals surface area contributed by atoms with Crippen LogP contribution in [0.3, 0.4) is 0 Å². The third kappa shape index (κ3) is 4.44. The minimum Gasteiger partial charge on any atom is -0.369 e. The second kappa shape index (κ2) is 7.79. The molecule has 3 aromatic heterocycles. The molecule has 0 aromatic carbocycles. The van der Waals surface area contributed by atoms with Gasteiger partial charge in [0.25, 0.3) is 0 Å². The highest BCUT2D eigenvalue weighted by Crippen LogP contribution is 2.31. The Balaban J connectivity index is 1.19. The first kappa shape index (κ1) is 19.5. The van der Waals surface area contributed by atoms with E-state index in [4.69, 9.17) is 14.2 Å². The number of nitrogens with zero attached hydrogens (tertiary/aromatic N) is 6. The summed E-state index contributed by atoms with van der Waals surface area (Å²) >= 11 is 0. The summed E-state index contributed by atoms with van der Waals surface area (Å²) in [4.78, 5) is 0. The standard InChI is InChI=1S/C24H29N6O3/c1-4-28(16-25(1)10-22-13-31-22)19-7-20(29-5-2-26(17-29)11-23-14-32-23)9-21(8-19)30-6-3-27(18-30)12-24-15-33-24/h1-8,16-18,20,22-24H,9-15H2/q+3. The predicted octanol–water partition coefficient (Wildman–Crippen LogP) is 0.177. The highest BCUT2D eigenvalue weighted by Gasteiger charge is 2.31. The van der Waals surface area contributed by atoms with Crippen LogP contribution in [0, 0.1) is 0 Å². The Hall–Kier alpha value is -3.01. The number of aromatic nitrogens is 6. The fraction of sp³-hybridized carbons (Fsp3) is 0.458. The number of hydrogen-bond acceptors (Lipinski definition) is 3. The van der Waals surface area contributed by atoms with Crippen molar-refractivity contribution in [2.45, 2.75) is 50.4 Å². The largest absolute Gasteiger partial charge is 0.369 e. The van der Waals surface area contributed by atoms with E-state index in [2.05, 4.69) is 95.7 Å². The van der Waals surface area contributed by atoms with Crippen LogP contribution in [0.1, 0.15) is 12.5 Å². The third-order valence-corrected chi connectivity index (χ3v) is 6.65. The van der Waals surface area contributed by atoms with Crippen LogP contribution < -0.4 is 13.7 Å². The molecular weight excluding hydrogens is 420 g/mol. The van der Waals surface area contributed by atoms with Crippen LogP contribution in [0.15, 0.2) is 68.3 Å². The molecule has 4 unspecified atom stereocenters. The molecule has 0 radical (unpaired) electrons. The molecular formula is C24H29N6O3+3. The molecule has 3 aromatic rings. The maximum Gasteiger partial charge on any atom is 0.249 e. The van der Waals surface area contributed by atoms with Gasteiger partial charge in [0.2, 0.25) is 19.0 Å². The van der Waals surface area contributed by atoms with Crippen LogP contribution in [0.25, 0.3) is 11.4 Å². The second-order valence-corrected chi connectivity index (χ2v) is 9.46. The van der Waals surface area contributed by atoms with Crippen molar-refractivity contribution in [1.82, 2.24) is 13.7 Å². The van der Waals surface area contributed by atoms with Gasteiger partial charge in [-0.3, -0.25) is 0 Å². The highest BCUT2D eigenvalue weighted by molar-refractivity contribution is 5.71. The molecule has 6 heterocycles. The van der Waals surface area contributed by atoms with Crippen molar-refractivity contribution in [3.8, 4) is 0 Å². The molecule has 9 heteroatoms. The average molecular weight is 450 g/mol. The minimum atomic E-state index is 0.228. The average Bonchev–Trinajstić information content (AvgIpc) is 3.78. The first-order valence-electron chi connectivity index (χ1n) is 11.7. The van der Waals surface area contributed by atoms with Gasteiger partial charge in [-0.15, -0.1) is 0 Å². The predicted molar refractivity (Wildman–Crippen MR) is 115 cm³/mol. The maximum absolute atomic E-state index is 5.40. The fourth-order valence-electron chi connectivity index (χ4n) is 4.55. The molecule has 0 bridgehead atoms. The Morgan fingerprint density at radius 2 is 1.27 bits per heavy atom. The lowest BCUT2D eigenvalue weighted by Gasteiger charge is -2.16. The molecule has 1 aliphatic carbocycles. The molecule has 33 heavy (non-hydrogen) atoms. The highest BCUT2D eigenvalue weighted by atomic mass is 16.6. The lowest BCUT2D eigenvalue weighted by Crippen LogP contribution is -2.34. The first-order valence-corrected chi connectivity index (χ1v) is 11.7. The van der Waals surface area contributed by atoms with Crippen molar-refractivity contribution in [3.05, 3.63) is 68.3 Å². The number of ether oxygens (including phenoxy) is 3. The zero-order valence-electron chi connectivity index (χ0n) is 18.5. The molecule has 0 spiro atoms. The summed E-state index contributed by atoms with van der Waals surface area (Å²) in [6.45, 7) is 5.34. The van der Waals surface area contributed by atoms with Gasteiger partial charge in [0.1, 0.15) is 92.6 Å². The zero-order valence-corrected chi connectivity index (χ0v) is 18.5. The van der Waals surface area contributed by atoms with Crippen LogP contribution in [0.4, 0.5) is 0 Å². The van der Waals surface area contributed by atoms with Gasteiger partial charge < -0.3 is 14.2 Å². The fourth-order valence-corrected chi connectivity index (χ4v) is 4.55. The molecule has 0 N–H and O–H groups in total. The SMILES string of the molecule is C1=C(n2cc[n+](CC3CO3)c2)C=C(n2cc[n+](CC3CO3)c2)CC1n1cc[n+](CC2CO2)c1. The molecule has 7 rings (SSSR count). The topological polar surface area (TPSA) is 64.0 Å². The Kier molecular flexibility index (Phi) is 4.59. The van der Waals surface area contributed by atoms with E-state index in [1.165, 1.54) is 11.4 Å². The van der Waals surface area contributed by atoms with Crippen molar-refractivity contribution in [2.75, 3.05) is 19.8 Å². The maximum atomic E-state index is 5.40. The van der Waals surface area contributed by atoms with E-state index in [1.54, 1.807) is 0 Å². The van der Waals surface area contributed by atoms with E-state index in [0.29, 0.717) is 18.3 Å². The molecule has 9 nitrogen and oxygen atoms in total. The summed E-state index contributed by atoms with van der Waals surface area (Å²) in [6.07, 6.45) is 26.1. The number of allylic oxidation sites excluding steroid dienone is 4. The minimum absolute atomic E-state index is 0.228. The van der Waals surface area contributed by atoms with Crippen LogP contribution in [-0.2, 0) is 33.8 Å². The number of hydrogen-bond donors (Lipinski definition) is 0. The van der Waals surface area contributed by atoms with Gasteiger partial charge in [0.15, 0.2) is 0 Å². The number of imidazole rings is 3. The van der Waals surface area contributed by atoms with E-state index in [9.17, 15) is 0 Å². The van der Waals surface area contributed by atoms with Gasteiger partial charge in [0.05, 0.1) is 26.2 Å². The molecule has 4 atom stereocenters. The number of rotatable bonds is 9. The Morgan fingerprint density at radius 3 is 1.91 bits per heavy atom. The van der Waals surface area contributed by atoms with Crippen LogP contribution in [0.5, 0.6) is 0 Å². The quantitative estimate of drug-likeness (QED) is 0.346. The van der Waals surface area contributed by atoms with Crippen LogP contribution in [0.2, 0.25) is 0 Å². The van der Waals surface area contributed by atoms with Crippen molar-refractivity contribution in [1.29, 1.82) is 0 Å². The molecule has 0 saturated carbocycles. The molecule has 3 aliphatic heterocycles. The summed E-state index contributed by atoms with van der Waals surface area (Å²) < 4.78 is 29.6. The normalized spacial score (nSPS) is 27.9. The van der Waals surface area contributed by atoms with E-state index in [-0.39, 0.29) is 6.04 Å². The van der Waals surface area contributed by atoms with E-state index in [1.807, 2.05) is 0 Å². The van der Waals surface area contributed by atoms with E-state index >= 15 is 0 Å². The first-order chi connectivity index (χ1) is 16.2. The van der Waals surface area contributed by atoms with Crippen LogP contribution >= 0.6 is 0 Å². The van der Waals surface area contributed by atoms with E-state index in [0.717, 1.165) is 45.9 Å². The Morgan fingerprint density at radius 1 is 0.727 bits per heavy atom. The van der Waals surface area contributed by atoms with Gasteiger partial charge in [-0.1, -0.05) is 0 Å². The van der Waals surface area contributed by atoms with Gasteiger partial charge in [-0.05, 0) is 0 Å². The molecule has 3 saturated heterocycles. The van der Waals surface area contributed by atoms with Gasteiger partial charge in [-0.2, -0.15) is 0 Å². The smallest absolute Gasteiger partial charge is 0.249 e. The van der Waals surface area contributed by atoms with Crippen molar-refractivity contribution >= 4 is 11.4 Å². The summed E-state index contributed by atoms with van der Waals surface area (Å²) in [5.41, 5.74) is 2.44. The van der Waals surface area contributed by atoms with Crippen LogP contribution in [-0.4, -0.2) is 51.8 Å². The number of epoxide rings is 3. The van der Waals surface area contributed by atoms with Crippen molar-refractivity contribution in [3.63, 3.8) is 0 Å². The van der Waals surface area contributed by atoms with Crippen molar-refractivity contribution < 1.29 is 27.9 Å². The second-order valence-electron chi connectivity index (χ2n) is 9.46. The lowest BCUT2D eigenvalue weighted by atomic mass is 10.0.